The van der Waals surface area contributed by atoms with Gasteiger partial charge >= 0.3 is 0 Å². The SMILES string of the molecule is CC(C)(C(=O)Nc1cc2ccccc2cn1)S(=O)(=O)c1ccc(Cl)cc1.CC(C)(C(=O)Nc1ccc(Oc2ccccc2)nc1)S(=O)(=O)c1ccc(Cl)cc1.Cn1nc(-c2cccs2)cc1NC(=O)C(C)(C)S(=O)(=O)c1ccc(Cl)cc1.Cn1nc(C2CC2)cc1NC(=O)C(C)(C)S(=O)(=O)c1ccc(Cl)cc1. The normalized spacial score (nSPS) is 12.7. The first kappa shape index (κ1) is 81.7. The van der Waals surface area contributed by atoms with Crippen molar-refractivity contribution in [3.8, 4) is 22.2 Å². The summed E-state index contributed by atoms with van der Waals surface area (Å²) in [5.41, 5.74) is 1.99. The van der Waals surface area contributed by atoms with Gasteiger partial charge in [0.2, 0.25) is 29.5 Å². The lowest BCUT2D eigenvalue weighted by molar-refractivity contribution is -0.118. The second-order valence-corrected chi connectivity index (χ2v) is 39.0. The molecule has 0 radical (unpaired) electrons. The van der Waals surface area contributed by atoms with Gasteiger partial charge in [-0.15, -0.1) is 11.3 Å². The van der Waals surface area contributed by atoms with Gasteiger partial charge in [-0.05, 0) is 206 Å². The number of pyridine rings is 2. The van der Waals surface area contributed by atoms with Crippen molar-refractivity contribution in [1.82, 2.24) is 29.5 Å². The zero-order valence-electron chi connectivity index (χ0n) is 59.2. The van der Waals surface area contributed by atoms with Crippen molar-refractivity contribution in [2.45, 2.75) is 113 Å². The van der Waals surface area contributed by atoms with Crippen LogP contribution in [0.25, 0.3) is 21.3 Å². The number of benzene rings is 6. The Morgan fingerprint density at radius 3 is 1.25 bits per heavy atom. The lowest BCUT2D eigenvalue weighted by atomic mass is 10.1. The van der Waals surface area contributed by atoms with E-state index in [1.807, 2.05) is 60.0 Å². The highest BCUT2D eigenvalue weighted by Crippen LogP contribution is 2.41. The molecule has 560 valence electrons. The smallest absolute Gasteiger partial charge is 0.246 e. The minimum atomic E-state index is -3.94. The number of sulfone groups is 4. The number of fused-ring (bicyclic) bond motifs is 1. The molecule has 0 saturated heterocycles. The van der Waals surface area contributed by atoms with E-state index in [2.05, 4.69) is 41.4 Å². The van der Waals surface area contributed by atoms with Crippen molar-refractivity contribution in [3.05, 3.63) is 238 Å². The fourth-order valence-electron chi connectivity index (χ4n) is 9.79. The lowest BCUT2D eigenvalue weighted by Crippen LogP contribution is -2.44. The summed E-state index contributed by atoms with van der Waals surface area (Å²) in [6.07, 6.45) is 5.23. The van der Waals surface area contributed by atoms with Crippen molar-refractivity contribution in [1.29, 1.82) is 0 Å². The molecule has 1 fully saturated rings. The fraction of sp³-hybridized carbons (Fsp3) is 0.227. The van der Waals surface area contributed by atoms with Gasteiger partial charge in [-0.3, -0.25) is 28.5 Å². The number of rotatable bonds is 20. The first-order valence-electron chi connectivity index (χ1n) is 32.6. The Hall–Kier alpha value is -9.36. The monoisotopic (exact) mass is 1620 g/mol. The third-order valence-corrected chi connectivity index (χ3v) is 28.8. The molecule has 5 heterocycles. The second kappa shape index (κ2) is 33.0. The molecule has 0 aliphatic heterocycles. The Morgan fingerprint density at radius 1 is 0.439 bits per heavy atom. The summed E-state index contributed by atoms with van der Waals surface area (Å²) in [5, 5.41) is 24.8. The van der Waals surface area contributed by atoms with Crippen molar-refractivity contribution >= 4 is 155 Å². The Bertz CT molecular complexity index is 5530. The zero-order chi connectivity index (χ0) is 78.2. The van der Waals surface area contributed by atoms with Crippen LogP contribution >= 0.6 is 57.7 Å². The highest BCUT2D eigenvalue weighted by atomic mass is 35.5. The molecule has 23 nitrogen and oxygen atoms in total. The van der Waals surface area contributed by atoms with Gasteiger partial charge in [-0.2, -0.15) is 10.2 Å². The number of halogens is 4. The quantitative estimate of drug-likeness (QED) is 0.0551. The summed E-state index contributed by atoms with van der Waals surface area (Å²) < 4.78 is 105. The minimum absolute atomic E-state index is 0.0202. The number of nitrogens with zero attached hydrogens (tertiary/aromatic N) is 6. The molecule has 1 aliphatic carbocycles. The third kappa shape index (κ3) is 18.8. The van der Waals surface area contributed by atoms with E-state index in [9.17, 15) is 52.8 Å². The Morgan fingerprint density at radius 2 is 0.841 bits per heavy atom. The van der Waals surface area contributed by atoms with E-state index in [-0.39, 0.29) is 19.6 Å². The molecule has 0 bridgehead atoms. The van der Waals surface area contributed by atoms with Crippen LogP contribution in [0, 0.1) is 0 Å². The van der Waals surface area contributed by atoms with Gasteiger partial charge in [0.05, 0.1) is 42.0 Å². The molecule has 0 spiro atoms. The standard InChI is InChI=1S/C21H19ClN2O4S.C19H17ClN2O3S.C18H18ClN3O3S2.C17H20ClN3O3S/c1-21(2,29(26,27)18-11-8-15(22)9-12-18)20(25)24-16-10-13-19(23-14-16)28-17-6-4-3-5-7-17;1-19(2,26(24,25)16-9-7-15(20)8-10-16)18(23)22-17-11-13-5-3-4-6-14(13)12-21-17;1-18(2,27(24,25)13-8-6-12(19)7-9-13)17(23)20-16-11-14(21-22(16)3)15-5-4-10-26-15;1-17(2,25(23,24)13-8-6-12(18)7-9-13)16(22)19-15-10-14(11-4-5-11)20-21(15)3/h3-14H,1-2H3,(H,24,25);3-12H,1-2H3,(H,21,22,23);4-11H,1-3H3,(H,20,23);6-11H,4-5H2,1-3H3,(H,19,22). The molecule has 5 aromatic heterocycles. The Kier molecular flexibility index (Phi) is 25.2. The van der Waals surface area contributed by atoms with Crippen LogP contribution in [0.3, 0.4) is 0 Å². The number of thiophene rings is 1. The molecule has 11 aromatic rings. The average Bonchev–Trinajstić information content (AvgIpc) is 1.09. The molecule has 32 heteroatoms. The summed E-state index contributed by atoms with van der Waals surface area (Å²) in [5.74, 6) is 0.0613. The number of carbonyl (C=O) groups excluding carboxylic acids is 4. The minimum Gasteiger partial charge on any atom is -0.439 e. The zero-order valence-corrected chi connectivity index (χ0v) is 66.3. The Labute approximate surface area is 644 Å². The van der Waals surface area contributed by atoms with Crippen molar-refractivity contribution < 1.29 is 57.6 Å². The number of para-hydroxylation sites is 1. The first-order valence-corrected chi connectivity index (χ1v) is 40.9. The van der Waals surface area contributed by atoms with Crippen LogP contribution < -0.4 is 26.0 Å². The number of aromatic nitrogens is 6. The third-order valence-electron chi connectivity index (χ3n) is 17.2. The summed E-state index contributed by atoms with van der Waals surface area (Å²) in [4.78, 5) is 60.4. The number of nitrogens with one attached hydrogen (secondary N) is 4. The van der Waals surface area contributed by atoms with E-state index in [4.69, 9.17) is 51.1 Å². The molecule has 4 N–H and O–H groups in total. The molecule has 1 saturated carbocycles. The molecular weight excluding hydrogens is 1550 g/mol. The van der Waals surface area contributed by atoms with E-state index in [1.54, 1.807) is 67.4 Å². The summed E-state index contributed by atoms with van der Waals surface area (Å²) >= 11 is 24.8. The maximum Gasteiger partial charge on any atom is 0.246 e. The molecule has 0 unspecified atom stereocenters. The molecule has 6 aromatic carbocycles. The number of hydrogen-bond acceptors (Lipinski definition) is 18. The van der Waals surface area contributed by atoms with Gasteiger partial charge in [-0.25, -0.2) is 43.6 Å². The van der Waals surface area contributed by atoms with Crippen LogP contribution in [0.5, 0.6) is 11.6 Å². The van der Waals surface area contributed by atoms with Crippen LogP contribution in [0.4, 0.5) is 23.1 Å². The number of aryl methyl sites for hydroxylation is 2. The molecule has 4 amide bonds. The summed E-state index contributed by atoms with van der Waals surface area (Å²) in [7, 11) is -12.2. The summed E-state index contributed by atoms with van der Waals surface area (Å²) in [6, 6.07) is 51.9. The highest BCUT2D eigenvalue weighted by Gasteiger charge is 2.47. The van der Waals surface area contributed by atoms with Gasteiger partial charge < -0.3 is 26.0 Å². The predicted octanol–water partition coefficient (Wildman–Crippen LogP) is 15.9. The van der Waals surface area contributed by atoms with E-state index in [0.717, 1.165) is 34.2 Å². The van der Waals surface area contributed by atoms with E-state index < -0.39 is 82.0 Å². The van der Waals surface area contributed by atoms with Crippen molar-refractivity contribution in [2.24, 2.45) is 14.1 Å². The van der Waals surface area contributed by atoms with Crippen LogP contribution in [0.15, 0.2) is 231 Å². The highest BCUT2D eigenvalue weighted by molar-refractivity contribution is 7.94. The second-order valence-electron chi connectivity index (χ2n) is 26.3. The molecule has 0 atom stereocenters. The van der Waals surface area contributed by atoms with Crippen LogP contribution in [0.1, 0.15) is 79.8 Å². The number of anilines is 4. The van der Waals surface area contributed by atoms with E-state index in [0.29, 0.717) is 66.5 Å². The average molecular weight is 1630 g/mol. The van der Waals surface area contributed by atoms with Crippen molar-refractivity contribution in [2.75, 3.05) is 21.3 Å². The van der Waals surface area contributed by atoms with Crippen LogP contribution in [-0.4, -0.2) is 106 Å². The van der Waals surface area contributed by atoms with Crippen LogP contribution in [-0.2, 0) is 72.6 Å². The van der Waals surface area contributed by atoms with E-state index in [1.165, 1.54) is 175 Å². The maximum atomic E-state index is 12.9. The molecule has 107 heavy (non-hydrogen) atoms. The maximum absolute atomic E-state index is 12.9. The fourth-order valence-corrected chi connectivity index (χ4v) is 16.5. The largest absolute Gasteiger partial charge is 0.439 e. The molecule has 12 rings (SSSR count). The number of ether oxygens (including phenoxy) is 1. The molecule has 1 aliphatic rings. The first-order chi connectivity index (χ1) is 50.2. The van der Waals surface area contributed by atoms with Gasteiger partial charge in [0, 0.05) is 69.9 Å². The van der Waals surface area contributed by atoms with Gasteiger partial charge in [0.1, 0.15) is 47.9 Å². The number of carbonyl (C=O) groups is 4. The predicted molar refractivity (Wildman–Crippen MR) is 420 cm³/mol. The summed E-state index contributed by atoms with van der Waals surface area (Å²) in [6.45, 7) is 11.0. The number of hydrogen-bond donors (Lipinski definition) is 4. The van der Waals surface area contributed by atoms with Gasteiger partial charge in [-0.1, -0.05) is 94.9 Å². The van der Waals surface area contributed by atoms with E-state index >= 15 is 0 Å². The van der Waals surface area contributed by atoms with Crippen LogP contribution in [0.2, 0.25) is 20.1 Å². The lowest BCUT2D eigenvalue weighted by Gasteiger charge is -2.24. The number of amides is 4. The Balaban J connectivity index is 0.000000165. The van der Waals surface area contributed by atoms with Gasteiger partial charge in [0.25, 0.3) is 0 Å². The van der Waals surface area contributed by atoms with Crippen molar-refractivity contribution in [3.63, 3.8) is 0 Å². The topological polar surface area (TPSA) is 324 Å². The van der Waals surface area contributed by atoms with Gasteiger partial charge in [0.15, 0.2) is 39.3 Å². The molecular formula is C75H74Cl4N10O13S5.